The number of halogens is 1. The molecule has 0 fully saturated rings. The Kier molecular flexibility index (Phi) is 7.32. The van der Waals surface area contributed by atoms with Crippen LogP contribution < -0.4 is 9.64 Å². The first-order chi connectivity index (χ1) is 13.0. The molecule has 2 aromatic rings. The number of carbonyl (C=O) groups is 1. The highest BCUT2D eigenvalue weighted by Crippen LogP contribution is 2.15. The van der Waals surface area contributed by atoms with Crippen LogP contribution in [0.1, 0.15) is 5.56 Å². The highest BCUT2D eigenvalue weighted by molar-refractivity contribution is 5.78. The Hall–Kier alpha value is -3.40. The van der Waals surface area contributed by atoms with E-state index in [2.05, 4.69) is 22.7 Å². The molecule has 0 spiro atoms. The van der Waals surface area contributed by atoms with Crippen molar-refractivity contribution in [1.29, 1.82) is 0 Å². The summed E-state index contributed by atoms with van der Waals surface area (Å²) in [6, 6.07) is 9.63. The van der Waals surface area contributed by atoms with Gasteiger partial charge in [0.25, 0.3) is 5.91 Å². The third-order valence-electron chi connectivity index (χ3n) is 3.68. The molecule has 7 heteroatoms. The summed E-state index contributed by atoms with van der Waals surface area (Å²) in [5.74, 6) is 2.75. The summed E-state index contributed by atoms with van der Waals surface area (Å²) < 4.78 is 18.3. The second kappa shape index (κ2) is 9.92. The second-order valence-electron chi connectivity index (χ2n) is 5.77. The van der Waals surface area contributed by atoms with Gasteiger partial charge in [-0.25, -0.2) is 4.39 Å². The number of anilines is 1. The van der Waals surface area contributed by atoms with Crippen LogP contribution in [0.3, 0.4) is 0 Å². The lowest BCUT2D eigenvalue weighted by Gasteiger charge is -2.19. The van der Waals surface area contributed by atoms with Crippen molar-refractivity contribution in [3.63, 3.8) is 0 Å². The number of hydrogen-bond acceptors (Lipinski definition) is 5. The van der Waals surface area contributed by atoms with Crippen molar-refractivity contribution >= 4 is 11.7 Å². The number of benzene rings is 1. The molecule has 0 unspecified atom stereocenters. The van der Waals surface area contributed by atoms with E-state index in [0.29, 0.717) is 18.9 Å². The molecule has 0 atom stereocenters. The van der Waals surface area contributed by atoms with Gasteiger partial charge in [-0.15, -0.1) is 23.2 Å². The molecular weight excluding hydrogens is 347 g/mol. The maximum absolute atomic E-state index is 13.0. The van der Waals surface area contributed by atoms with Gasteiger partial charge in [-0.1, -0.05) is 24.1 Å². The standard InChI is InChI=1S/C20H21FN4O2/c1-4-12-25(13-5-2)20(26)15-27-19-11-10-18(22-23-19)24(3)14-16-6-8-17(21)9-7-16/h1,5-11H,2,12-15H2,3H3. The third-order valence-corrected chi connectivity index (χ3v) is 3.68. The Bertz CT molecular complexity index is 800. The zero-order valence-corrected chi connectivity index (χ0v) is 15.1. The lowest BCUT2D eigenvalue weighted by atomic mass is 10.2. The lowest BCUT2D eigenvalue weighted by Crippen LogP contribution is -2.35. The summed E-state index contributed by atoms with van der Waals surface area (Å²) in [5.41, 5.74) is 0.947. The first-order valence-electron chi connectivity index (χ1n) is 8.27. The number of hydrogen-bond donors (Lipinski definition) is 0. The maximum atomic E-state index is 13.0. The number of nitrogens with zero attached hydrogens (tertiary/aromatic N) is 4. The van der Waals surface area contributed by atoms with Crippen molar-refractivity contribution in [3.8, 4) is 18.2 Å². The summed E-state index contributed by atoms with van der Waals surface area (Å²) in [5, 5.41) is 8.06. The normalized spacial score (nSPS) is 9.96. The van der Waals surface area contributed by atoms with Crippen molar-refractivity contribution in [2.24, 2.45) is 0 Å². The van der Waals surface area contributed by atoms with Crippen LogP contribution in [0.5, 0.6) is 5.88 Å². The molecule has 140 valence electrons. The van der Waals surface area contributed by atoms with Crippen molar-refractivity contribution < 1.29 is 13.9 Å². The Balaban J connectivity index is 1.90. The zero-order chi connectivity index (χ0) is 19.6. The van der Waals surface area contributed by atoms with E-state index in [1.807, 2.05) is 11.9 Å². The number of aromatic nitrogens is 2. The summed E-state index contributed by atoms with van der Waals surface area (Å²) in [7, 11) is 1.85. The van der Waals surface area contributed by atoms with Crippen LogP contribution in [0.25, 0.3) is 0 Å². The highest BCUT2D eigenvalue weighted by Gasteiger charge is 2.12. The Morgan fingerprint density at radius 1 is 1.30 bits per heavy atom. The molecule has 2 rings (SSSR count). The minimum Gasteiger partial charge on any atom is -0.466 e. The van der Waals surface area contributed by atoms with Crippen molar-refractivity contribution in [2.45, 2.75) is 6.54 Å². The van der Waals surface area contributed by atoms with Gasteiger partial charge < -0.3 is 14.5 Å². The fourth-order valence-electron chi connectivity index (χ4n) is 2.29. The van der Waals surface area contributed by atoms with Gasteiger partial charge in [-0.3, -0.25) is 4.79 Å². The molecule has 1 amide bonds. The molecule has 0 aliphatic carbocycles. The van der Waals surface area contributed by atoms with E-state index in [0.717, 1.165) is 5.56 Å². The molecule has 1 heterocycles. The average Bonchev–Trinajstić information content (AvgIpc) is 2.68. The number of rotatable bonds is 9. The molecule has 0 bridgehead atoms. The summed E-state index contributed by atoms with van der Waals surface area (Å²) >= 11 is 0. The van der Waals surface area contributed by atoms with Crippen LogP contribution in [0.4, 0.5) is 10.2 Å². The third kappa shape index (κ3) is 6.12. The number of terminal acetylenes is 1. The van der Waals surface area contributed by atoms with E-state index >= 15 is 0 Å². The molecule has 0 aliphatic heterocycles. The maximum Gasteiger partial charge on any atom is 0.261 e. The average molecular weight is 368 g/mol. The van der Waals surface area contributed by atoms with E-state index in [1.165, 1.54) is 17.0 Å². The summed E-state index contributed by atoms with van der Waals surface area (Å²) in [4.78, 5) is 15.4. The largest absolute Gasteiger partial charge is 0.466 e. The van der Waals surface area contributed by atoms with Crippen LogP contribution in [0.2, 0.25) is 0 Å². The summed E-state index contributed by atoms with van der Waals surface area (Å²) in [6.07, 6.45) is 6.85. The van der Waals surface area contributed by atoms with Gasteiger partial charge in [0.1, 0.15) is 5.82 Å². The topological polar surface area (TPSA) is 58.6 Å². The van der Waals surface area contributed by atoms with Crippen LogP contribution in [-0.4, -0.2) is 47.7 Å². The SMILES string of the molecule is C#CCN(CC=C)C(=O)COc1ccc(N(C)Cc2ccc(F)cc2)nn1. The molecule has 0 saturated carbocycles. The van der Waals surface area contributed by atoms with E-state index in [-0.39, 0.29) is 30.8 Å². The predicted molar refractivity (Wildman–Crippen MR) is 102 cm³/mol. The van der Waals surface area contributed by atoms with Gasteiger partial charge in [0.05, 0.1) is 6.54 Å². The molecule has 0 radical (unpaired) electrons. The van der Waals surface area contributed by atoms with Gasteiger partial charge in [-0.2, -0.15) is 0 Å². The smallest absolute Gasteiger partial charge is 0.261 e. The number of ether oxygens (including phenoxy) is 1. The molecule has 27 heavy (non-hydrogen) atoms. The Morgan fingerprint density at radius 3 is 2.63 bits per heavy atom. The van der Waals surface area contributed by atoms with E-state index in [9.17, 15) is 9.18 Å². The number of amides is 1. The van der Waals surface area contributed by atoms with Crippen LogP contribution >= 0.6 is 0 Å². The van der Waals surface area contributed by atoms with E-state index in [4.69, 9.17) is 11.2 Å². The fourth-order valence-corrected chi connectivity index (χ4v) is 2.29. The number of carbonyl (C=O) groups excluding carboxylic acids is 1. The van der Waals surface area contributed by atoms with Crippen LogP contribution in [0, 0.1) is 18.2 Å². The first kappa shape index (κ1) is 19.9. The molecule has 1 aromatic heterocycles. The minimum absolute atomic E-state index is 0.186. The quantitative estimate of drug-likeness (QED) is 0.502. The van der Waals surface area contributed by atoms with Crippen molar-refractivity contribution in [3.05, 3.63) is 60.4 Å². The van der Waals surface area contributed by atoms with Gasteiger partial charge in [0.15, 0.2) is 12.4 Å². The summed E-state index contributed by atoms with van der Waals surface area (Å²) in [6.45, 7) is 4.50. The van der Waals surface area contributed by atoms with Crippen molar-refractivity contribution in [1.82, 2.24) is 15.1 Å². The molecular formula is C20H21FN4O2. The molecule has 6 nitrogen and oxygen atoms in total. The molecule has 0 N–H and O–H groups in total. The van der Waals surface area contributed by atoms with Crippen LogP contribution in [0.15, 0.2) is 49.1 Å². The van der Waals surface area contributed by atoms with Gasteiger partial charge in [0, 0.05) is 26.2 Å². The Morgan fingerprint density at radius 2 is 2.04 bits per heavy atom. The monoisotopic (exact) mass is 368 g/mol. The van der Waals surface area contributed by atoms with Gasteiger partial charge >= 0.3 is 0 Å². The first-order valence-corrected chi connectivity index (χ1v) is 8.27. The van der Waals surface area contributed by atoms with E-state index in [1.54, 1.807) is 30.3 Å². The molecule has 0 saturated heterocycles. The van der Waals surface area contributed by atoms with Gasteiger partial charge in [-0.05, 0) is 23.8 Å². The van der Waals surface area contributed by atoms with Crippen LogP contribution in [-0.2, 0) is 11.3 Å². The zero-order valence-electron chi connectivity index (χ0n) is 15.1. The minimum atomic E-state index is -0.272. The second-order valence-corrected chi connectivity index (χ2v) is 5.77. The predicted octanol–water partition coefficient (Wildman–Crippen LogP) is 2.28. The highest BCUT2D eigenvalue weighted by atomic mass is 19.1. The Labute approximate surface area is 158 Å². The molecule has 1 aromatic carbocycles. The molecule has 0 aliphatic rings. The van der Waals surface area contributed by atoms with Gasteiger partial charge in [0.2, 0.25) is 5.88 Å². The van der Waals surface area contributed by atoms with Crippen molar-refractivity contribution in [2.75, 3.05) is 31.6 Å². The lowest BCUT2D eigenvalue weighted by molar-refractivity contribution is -0.132. The van der Waals surface area contributed by atoms with E-state index < -0.39 is 0 Å². The fraction of sp³-hybridized carbons (Fsp3) is 0.250.